The topological polar surface area (TPSA) is 66.5 Å². The highest BCUT2D eigenvalue weighted by Crippen LogP contribution is 2.60. The van der Waals surface area contributed by atoms with Crippen LogP contribution < -0.4 is 9.62 Å². The molecule has 4 bridgehead atoms. The smallest absolute Gasteiger partial charge is 0.240 e. The highest BCUT2D eigenvalue weighted by molar-refractivity contribution is 7.92. The van der Waals surface area contributed by atoms with Crippen LogP contribution in [0.2, 0.25) is 0 Å². The molecule has 30 heavy (non-hydrogen) atoms. The zero-order valence-electron chi connectivity index (χ0n) is 18.6. The SMILES string of the molecule is CCC[C@H](C)NC(=O)CN(c1ccc(C23CC4CC(CC(C4)C2)C3)cc1)S(C)(=O)=O. The maximum absolute atomic E-state index is 12.4. The summed E-state index contributed by atoms with van der Waals surface area (Å²) in [6.45, 7) is 3.84. The molecule has 4 saturated carbocycles. The molecule has 0 unspecified atom stereocenters. The Hall–Kier alpha value is -1.56. The Morgan fingerprint density at radius 2 is 1.63 bits per heavy atom. The molecule has 6 heteroatoms. The Morgan fingerprint density at radius 1 is 1.10 bits per heavy atom. The van der Waals surface area contributed by atoms with Crippen LogP contribution in [0, 0.1) is 17.8 Å². The van der Waals surface area contributed by atoms with Crippen molar-refractivity contribution in [3.63, 3.8) is 0 Å². The number of nitrogens with zero attached hydrogens (tertiary/aromatic N) is 1. The molecule has 4 aliphatic rings. The van der Waals surface area contributed by atoms with E-state index in [2.05, 4.69) is 24.4 Å². The number of carbonyl (C=O) groups is 1. The summed E-state index contributed by atoms with van der Waals surface area (Å²) >= 11 is 0. The molecule has 1 amide bonds. The molecular weight excluding hydrogens is 396 g/mol. The van der Waals surface area contributed by atoms with Crippen molar-refractivity contribution in [3.8, 4) is 0 Å². The number of carbonyl (C=O) groups excluding carboxylic acids is 1. The van der Waals surface area contributed by atoms with E-state index >= 15 is 0 Å². The fourth-order valence-electron chi connectivity index (χ4n) is 6.80. The van der Waals surface area contributed by atoms with Crippen molar-refractivity contribution in [1.82, 2.24) is 5.32 Å². The average molecular weight is 433 g/mol. The molecule has 0 spiro atoms. The number of amides is 1. The first-order valence-electron chi connectivity index (χ1n) is 11.6. The number of benzene rings is 1. The largest absolute Gasteiger partial charge is 0.352 e. The fourth-order valence-corrected chi connectivity index (χ4v) is 7.66. The molecule has 5 rings (SSSR count). The summed E-state index contributed by atoms with van der Waals surface area (Å²) in [6, 6.07) is 8.09. The lowest BCUT2D eigenvalue weighted by molar-refractivity contribution is -0.120. The molecule has 0 aliphatic heterocycles. The summed E-state index contributed by atoms with van der Waals surface area (Å²) in [5.74, 6) is 2.36. The molecule has 166 valence electrons. The Labute approximate surface area is 181 Å². The van der Waals surface area contributed by atoms with E-state index in [4.69, 9.17) is 0 Å². The van der Waals surface area contributed by atoms with Gasteiger partial charge in [-0.1, -0.05) is 25.5 Å². The molecule has 1 atom stereocenters. The highest BCUT2D eigenvalue weighted by atomic mass is 32.2. The minimum Gasteiger partial charge on any atom is -0.352 e. The molecule has 0 saturated heterocycles. The molecule has 1 aromatic carbocycles. The number of hydrogen-bond donors (Lipinski definition) is 1. The van der Waals surface area contributed by atoms with Crippen LogP contribution in [0.3, 0.4) is 0 Å². The third-order valence-corrected chi connectivity index (χ3v) is 8.76. The van der Waals surface area contributed by atoms with E-state index in [9.17, 15) is 13.2 Å². The van der Waals surface area contributed by atoms with Crippen molar-refractivity contribution in [2.45, 2.75) is 76.7 Å². The number of rotatable bonds is 8. The van der Waals surface area contributed by atoms with E-state index in [1.54, 1.807) is 0 Å². The minimum atomic E-state index is -3.55. The van der Waals surface area contributed by atoms with E-state index < -0.39 is 10.0 Å². The fraction of sp³-hybridized carbons (Fsp3) is 0.708. The lowest BCUT2D eigenvalue weighted by atomic mass is 9.48. The maximum atomic E-state index is 12.4. The summed E-state index contributed by atoms with van der Waals surface area (Å²) < 4.78 is 26.1. The van der Waals surface area contributed by atoms with Gasteiger partial charge in [-0.15, -0.1) is 0 Å². The van der Waals surface area contributed by atoms with Crippen molar-refractivity contribution in [3.05, 3.63) is 29.8 Å². The monoisotopic (exact) mass is 432 g/mol. The van der Waals surface area contributed by atoms with Gasteiger partial charge in [-0.25, -0.2) is 8.42 Å². The first kappa shape index (κ1) is 21.7. The Balaban J connectivity index is 1.51. The van der Waals surface area contributed by atoms with Gasteiger partial charge in [0.25, 0.3) is 0 Å². The lowest BCUT2D eigenvalue weighted by Crippen LogP contribution is -2.48. The summed E-state index contributed by atoms with van der Waals surface area (Å²) in [4.78, 5) is 12.4. The van der Waals surface area contributed by atoms with Crippen LogP contribution >= 0.6 is 0 Å². The van der Waals surface area contributed by atoms with Crippen LogP contribution in [0.5, 0.6) is 0 Å². The molecule has 4 fully saturated rings. The van der Waals surface area contributed by atoms with Gasteiger partial charge in [0, 0.05) is 6.04 Å². The first-order chi connectivity index (χ1) is 14.2. The van der Waals surface area contributed by atoms with Crippen LogP contribution in [-0.4, -0.2) is 33.2 Å². The molecular formula is C24H36N2O3S. The van der Waals surface area contributed by atoms with E-state index in [-0.39, 0.29) is 23.9 Å². The van der Waals surface area contributed by atoms with Gasteiger partial charge in [0.1, 0.15) is 6.54 Å². The zero-order valence-corrected chi connectivity index (χ0v) is 19.4. The van der Waals surface area contributed by atoms with E-state index in [1.807, 2.05) is 19.1 Å². The van der Waals surface area contributed by atoms with Gasteiger partial charge >= 0.3 is 0 Å². The van der Waals surface area contributed by atoms with Crippen molar-refractivity contribution >= 4 is 21.6 Å². The minimum absolute atomic E-state index is 0.0439. The molecule has 0 radical (unpaired) electrons. The quantitative estimate of drug-likeness (QED) is 0.669. The van der Waals surface area contributed by atoms with Gasteiger partial charge in [0.15, 0.2) is 0 Å². The predicted molar refractivity (Wildman–Crippen MR) is 121 cm³/mol. The second kappa shape index (κ2) is 8.18. The Kier molecular flexibility index (Phi) is 5.90. The molecule has 5 nitrogen and oxygen atoms in total. The molecule has 1 aromatic rings. The number of hydrogen-bond acceptors (Lipinski definition) is 3. The van der Waals surface area contributed by atoms with Crippen LogP contribution in [0.15, 0.2) is 24.3 Å². The summed E-state index contributed by atoms with van der Waals surface area (Å²) in [5, 5.41) is 2.91. The van der Waals surface area contributed by atoms with Crippen LogP contribution in [0.25, 0.3) is 0 Å². The van der Waals surface area contributed by atoms with Crippen molar-refractivity contribution in [1.29, 1.82) is 0 Å². The van der Waals surface area contributed by atoms with Crippen molar-refractivity contribution in [2.75, 3.05) is 17.1 Å². The summed E-state index contributed by atoms with van der Waals surface area (Å²) in [5.41, 5.74) is 2.22. The third kappa shape index (κ3) is 4.39. The Morgan fingerprint density at radius 3 is 2.10 bits per heavy atom. The van der Waals surface area contributed by atoms with Crippen LogP contribution in [0.1, 0.15) is 70.8 Å². The Bertz CT molecular complexity index is 843. The van der Waals surface area contributed by atoms with Crippen LogP contribution in [0.4, 0.5) is 5.69 Å². The van der Waals surface area contributed by atoms with Gasteiger partial charge in [0.2, 0.25) is 15.9 Å². The zero-order chi connectivity index (χ0) is 21.5. The molecule has 4 aliphatic carbocycles. The van der Waals surface area contributed by atoms with E-state index in [0.717, 1.165) is 30.6 Å². The molecule has 0 heterocycles. The third-order valence-electron chi connectivity index (χ3n) is 7.62. The molecule has 0 aromatic heterocycles. The van der Waals surface area contributed by atoms with Crippen molar-refractivity contribution in [2.24, 2.45) is 17.8 Å². The first-order valence-corrected chi connectivity index (χ1v) is 13.4. The van der Waals surface area contributed by atoms with Crippen LogP contribution in [-0.2, 0) is 20.2 Å². The standard InChI is InChI=1S/C24H36N2O3S/c1-4-5-17(2)25-23(27)16-26(30(3,28)29)22-8-6-21(7-9-22)24-13-18-10-19(14-24)12-20(11-18)15-24/h6-9,17-20H,4-5,10-16H2,1-3H3,(H,25,27)/t17-,18?,19?,20?,24?/m0/s1. The van der Waals surface area contributed by atoms with Gasteiger partial charge < -0.3 is 5.32 Å². The lowest BCUT2D eigenvalue weighted by Gasteiger charge is -2.57. The van der Waals surface area contributed by atoms with E-state index in [1.165, 1.54) is 54.6 Å². The summed E-state index contributed by atoms with van der Waals surface area (Å²) in [6.07, 6.45) is 11.1. The average Bonchev–Trinajstić information content (AvgIpc) is 2.64. The summed E-state index contributed by atoms with van der Waals surface area (Å²) in [7, 11) is -3.55. The second-order valence-electron chi connectivity index (χ2n) is 10.3. The normalized spacial score (nSPS) is 30.8. The van der Waals surface area contributed by atoms with Gasteiger partial charge in [0.05, 0.1) is 11.9 Å². The van der Waals surface area contributed by atoms with Gasteiger partial charge in [-0.3, -0.25) is 9.10 Å². The van der Waals surface area contributed by atoms with Gasteiger partial charge in [-0.2, -0.15) is 0 Å². The highest BCUT2D eigenvalue weighted by Gasteiger charge is 2.51. The van der Waals surface area contributed by atoms with Gasteiger partial charge in [-0.05, 0) is 92.7 Å². The number of sulfonamides is 1. The van der Waals surface area contributed by atoms with E-state index in [0.29, 0.717) is 5.69 Å². The number of nitrogens with one attached hydrogen (secondary N) is 1. The second-order valence-corrected chi connectivity index (χ2v) is 12.2. The number of anilines is 1. The predicted octanol–water partition coefficient (Wildman–Crippen LogP) is 4.23. The van der Waals surface area contributed by atoms with Crippen molar-refractivity contribution < 1.29 is 13.2 Å². The maximum Gasteiger partial charge on any atom is 0.240 e. The molecule has 1 N–H and O–H groups in total.